The molecule has 0 saturated heterocycles. The zero-order chi connectivity index (χ0) is 17.9. The van der Waals surface area contributed by atoms with Crippen molar-refractivity contribution in [2.45, 2.75) is 6.18 Å². The summed E-state index contributed by atoms with van der Waals surface area (Å²) in [4.78, 5) is 7.98. The first kappa shape index (κ1) is 17.0. The number of aromatic nitrogens is 2. The van der Waals surface area contributed by atoms with Gasteiger partial charge in [-0.05, 0) is 18.2 Å². The normalized spacial score (nSPS) is 11.8. The average molecular weight is 366 g/mol. The minimum atomic E-state index is -4.62. The highest BCUT2D eigenvalue weighted by Gasteiger charge is 2.33. The SMILES string of the molecule is Fc1ccc(/C=N/Nc2nc(-c3ccccc3)cc(C(F)(F)F)n2)s1. The van der Waals surface area contributed by atoms with Gasteiger partial charge in [0.05, 0.1) is 16.8 Å². The van der Waals surface area contributed by atoms with Crippen molar-refractivity contribution in [3.05, 3.63) is 64.2 Å². The molecule has 0 bridgehead atoms. The zero-order valence-electron chi connectivity index (χ0n) is 12.5. The van der Waals surface area contributed by atoms with Crippen molar-refractivity contribution in [1.82, 2.24) is 9.97 Å². The molecular formula is C16H10F4N4S. The molecule has 0 aliphatic carbocycles. The zero-order valence-corrected chi connectivity index (χ0v) is 13.3. The molecule has 0 saturated carbocycles. The van der Waals surface area contributed by atoms with E-state index in [0.29, 0.717) is 10.4 Å². The highest BCUT2D eigenvalue weighted by molar-refractivity contribution is 7.12. The number of nitrogens with one attached hydrogen (secondary N) is 1. The first-order chi connectivity index (χ1) is 11.9. The van der Waals surface area contributed by atoms with Crippen molar-refractivity contribution in [2.24, 2.45) is 5.10 Å². The third-order valence-corrected chi connectivity index (χ3v) is 3.84. The summed E-state index contributed by atoms with van der Waals surface area (Å²) in [6.45, 7) is 0. The van der Waals surface area contributed by atoms with Crippen LogP contribution in [0.4, 0.5) is 23.5 Å². The molecule has 25 heavy (non-hydrogen) atoms. The third-order valence-electron chi connectivity index (χ3n) is 3.04. The summed E-state index contributed by atoms with van der Waals surface area (Å²) >= 11 is 0.854. The van der Waals surface area contributed by atoms with Crippen LogP contribution in [-0.4, -0.2) is 16.2 Å². The molecule has 0 aliphatic heterocycles. The van der Waals surface area contributed by atoms with Crippen molar-refractivity contribution < 1.29 is 17.6 Å². The van der Waals surface area contributed by atoms with Crippen molar-refractivity contribution in [3.63, 3.8) is 0 Å². The van der Waals surface area contributed by atoms with Crippen LogP contribution in [0.25, 0.3) is 11.3 Å². The molecule has 1 N–H and O–H groups in total. The van der Waals surface area contributed by atoms with Crippen molar-refractivity contribution >= 4 is 23.5 Å². The number of alkyl halides is 3. The van der Waals surface area contributed by atoms with Crippen LogP contribution >= 0.6 is 11.3 Å². The van der Waals surface area contributed by atoms with Gasteiger partial charge in [-0.25, -0.2) is 15.4 Å². The molecule has 3 aromatic rings. The molecular weight excluding hydrogens is 356 g/mol. The maximum atomic E-state index is 13.1. The van der Waals surface area contributed by atoms with E-state index in [1.165, 1.54) is 18.3 Å². The number of hydrogen-bond donors (Lipinski definition) is 1. The van der Waals surface area contributed by atoms with E-state index in [2.05, 4.69) is 20.5 Å². The summed E-state index contributed by atoms with van der Waals surface area (Å²) in [5.74, 6) is -0.304. The van der Waals surface area contributed by atoms with E-state index in [1.54, 1.807) is 30.3 Å². The maximum absolute atomic E-state index is 13.1. The van der Waals surface area contributed by atoms with Crippen molar-refractivity contribution in [1.29, 1.82) is 0 Å². The van der Waals surface area contributed by atoms with Crippen LogP contribution in [0.5, 0.6) is 0 Å². The number of hydrazone groups is 1. The predicted octanol–water partition coefficient (Wildman–Crippen LogP) is 4.81. The second-order valence-electron chi connectivity index (χ2n) is 4.84. The van der Waals surface area contributed by atoms with Gasteiger partial charge in [-0.15, -0.1) is 11.3 Å². The molecule has 2 aromatic heterocycles. The lowest BCUT2D eigenvalue weighted by molar-refractivity contribution is -0.141. The molecule has 2 heterocycles. The molecule has 0 atom stereocenters. The van der Waals surface area contributed by atoms with Crippen LogP contribution in [0.2, 0.25) is 0 Å². The molecule has 0 radical (unpaired) electrons. The van der Waals surface area contributed by atoms with Crippen LogP contribution in [0.15, 0.2) is 53.6 Å². The largest absolute Gasteiger partial charge is 0.433 e. The van der Waals surface area contributed by atoms with Gasteiger partial charge in [0.15, 0.2) is 10.8 Å². The monoisotopic (exact) mass is 366 g/mol. The summed E-state index contributed by atoms with van der Waals surface area (Å²) in [5, 5.41) is 3.37. The third kappa shape index (κ3) is 4.38. The van der Waals surface area contributed by atoms with Crippen LogP contribution in [-0.2, 0) is 6.18 Å². The van der Waals surface area contributed by atoms with Gasteiger partial charge in [0.2, 0.25) is 5.95 Å². The molecule has 9 heteroatoms. The number of hydrogen-bond acceptors (Lipinski definition) is 5. The number of rotatable bonds is 4. The highest BCUT2D eigenvalue weighted by Crippen LogP contribution is 2.31. The molecule has 0 spiro atoms. The second kappa shape index (κ2) is 6.98. The average Bonchev–Trinajstić information content (AvgIpc) is 3.00. The molecule has 128 valence electrons. The van der Waals surface area contributed by atoms with Crippen LogP contribution < -0.4 is 5.43 Å². The fourth-order valence-electron chi connectivity index (χ4n) is 1.95. The predicted molar refractivity (Wildman–Crippen MR) is 88.0 cm³/mol. The minimum absolute atomic E-state index is 0.114. The summed E-state index contributed by atoms with van der Waals surface area (Å²) in [6, 6.07) is 12.1. The number of thiophene rings is 1. The van der Waals surface area contributed by atoms with Crippen LogP contribution in [0, 0.1) is 5.13 Å². The highest BCUT2D eigenvalue weighted by atomic mass is 32.1. The number of halogens is 4. The summed E-state index contributed by atoms with van der Waals surface area (Å²) in [6.07, 6.45) is -3.34. The number of nitrogens with zero attached hydrogens (tertiary/aromatic N) is 3. The maximum Gasteiger partial charge on any atom is 0.433 e. The van der Waals surface area contributed by atoms with E-state index < -0.39 is 11.9 Å². The Labute approximate surface area is 143 Å². The Balaban J connectivity index is 1.91. The summed E-state index contributed by atoms with van der Waals surface area (Å²) in [5.41, 5.74) is 1.90. The van der Waals surface area contributed by atoms with Crippen LogP contribution in [0.3, 0.4) is 0 Å². The lowest BCUT2D eigenvalue weighted by Crippen LogP contribution is -2.11. The van der Waals surface area contributed by atoms with Gasteiger partial charge in [-0.1, -0.05) is 30.3 Å². The van der Waals surface area contributed by atoms with Crippen molar-refractivity contribution in [2.75, 3.05) is 5.43 Å². The molecule has 4 nitrogen and oxygen atoms in total. The van der Waals surface area contributed by atoms with E-state index in [0.717, 1.165) is 17.4 Å². The van der Waals surface area contributed by atoms with Gasteiger partial charge in [0.25, 0.3) is 0 Å². The Hall–Kier alpha value is -2.81. The topological polar surface area (TPSA) is 50.2 Å². The molecule has 3 rings (SSSR count). The molecule has 0 aliphatic rings. The van der Waals surface area contributed by atoms with Gasteiger partial charge in [0, 0.05) is 5.56 Å². The second-order valence-corrected chi connectivity index (χ2v) is 5.90. The Kier molecular flexibility index (Phi) is 4.75. The first-order valence-corrected chi connectivity index (χ1v) is 7.79. The molecule has 0 unspecified atom stereocenters. The van der Waals surface area contributed by atoms with Gasteiger partial charge in [0.1, 0.15) is 0 Å². The summed E-state index contributed by atoms with van der Waals surface area (Å²) in [7, 11) is 0. The quantitative estimate of drug-likeness (QED) is 0.410. The van der Waals surface area contributed by atoms with E-state index >= 15 is 0 Å². The van der Waals surface area contributed by atoms with E-state index in [-0.39, 0.29) is 16.8 Å². The number of benzene rings is 1. The van der Waals surface area contributed by atoms with E-state index in [9.17, 15) is 17.6 Å². The first-order valence-electron chi connectivity index (χ1n) is 6.98. The lowest BCUT2D eigenvalue weighted by Gasteiger charge is -2.10. The van der Waals surface area contributed by atoms with Gasteiger partial charge < -0.3 is 0 Å². The Morgan fingerprint density at radius 2 is 1.80 bits per heavy atom. The summed E-state index contributed by atoms with van der Waals surface area (Å²) < 4.78 is 52.1. The number of anilines is 1. The molecule has 0 amide bonds. The van der Waals surface area contributed by atoms with Crippen molar-refractivity contribution in [3.8, 4) is 11.3 Å². The minimum Gasteiger partial charge on any atom is -0.245 e. The smallest absolute Gasteiger partial charge is 0.245 e. The van der Waals surface area contributed by atoms with Gasteiger partial charge >= 0.3 is 6.18 Å². The Morgan fingerprint density at radius 1 is 1.04 bits per heavy atom. The molecule has 1 aromatic carbocycles. The van der Waals surface area contributed by atoms with Gasteiger partial charge in [-0.3, -0.25) is 0 Å². The lowest BCUT2D eigenvalue weighted by atomic mass is 10.1. The van der Waals surface area contributed by atoms with E-state index in [1.807, 2.05) is 0 Å². The van der Waals surface area contributed by atoms with E-state index in [4.69, 9.17) is 0 Å². The fourth-order valence-corrected chi connectivity index (χ4v) is 2.55. The fraction of sp³-hybridized carbons (Fsp3) is 0.0625. The van der Waals surface area contributed by atoms with Gasteiger partial charge in [-0.2, -0.15) is 22.7 Å². The Bertz CT molecular complexity index is 891. The standard InChI is InChI=1S/C16H10F4N4S/c17-14-7-6-11(25-14)9-21-24-15-22-12(10-4-2-1-3-5-10)8-13(23-15)16(18,19)20/h1-9H,(H,22,23,24)/b21-9+. The Morgan fingerprint density at radius 3 is 2.44 bits per heavy atom. The molecule has 0 fully saturated rings. The van der Waals surface area contributed by atoms with Crippen LogP contribution in [0.1, 0.15) is 10.6 Å².